The van der Waals surface area contributed by atoms with Gasteiger partial charge < -0.3 is 18.9 Å². The topological polar surface area (TPSA) is 105 Å². The highest BCUT2D eigenvalue weighted by Crippen LogP contribution is 2.21. The lowest BCUT2D eigenvalue weighted by atomic mass is 10.1. The average Bonchev–Trinajstić information content (AvgIpc) is 2.78. The Morgan fingerprint density at radius 1 is 0.800 bits per heavy atom. The lowest BCUT2D eigenvalue weighted by molar-refractivity contribution is 0.0272. The fourth-order valence-corrected chi connectivity index (χ4v) is 2.40. The van der Waals surface area contributed by atoms with E-state index in [1.54, 1.807) is 6.92 Å². The molecule has 0 aliphatic rings. The zero-order valence-corrected chi connectivity index (χ0v) is 16.5. The van der Waals surface area contributed by atoms with Crippen LogP contribution in [0.5, 0.6) is 5.75 Å². The summed E-state index contributed by atoms with van der Waals surface area (Å²) in [5.74, 6) is -0.831. The first-order valence-electron chi connectivity index (χ1n) is 9.28. The van der Waals surface area contributed by atoms with Crippen molar-refractivity contribution >= 4 is 24.5 Å². The van der Waals surface area contributed by atoms with Crippen molar-refractivity contribution in [1.29, 1.82) is 0 Å². The monoisotopic (exact) mass is 414 g/mol. The van der Waals surface area contributed by atoms with Gasteiger partial charge in [0.2, 0.25) is 0 Å². The molecule has 8 heteroatoms. The molecule has 2 rings (SSSR count). The second-order valence-electron chi connectivity index (χ2n) is 5.93. The molecule has 0 saturated heterocycles. The molecule has 0 atom stereocenters. The molecule has 0 bridgehead atoms. The van der Waals surface area contributed by atoms with Gasteiger partial charge in [-0.3, -0.25) is 9.59 Å². The van der Waals surface area contributed by atoms with Crippen molar-refractivity contribution in [3.05, 3.63) is 64.7 Å². The first-order valence-corrected chi connectivity index (χ1v) is 9.28. The van der Waals surface area contributed by atoms with Gasteiger partial charge in [0.1, 0.15) is 37.1 Å². The van der Waals surface area contributed by atoms with Crippen molar-refractivity contribution in [3.63, 3.8) is 0 Å². The van der Waals surface area contributed by atoms with Crippen molar-refractivity contribution in [1.82, 2.24) is 0 Å². The molecule has 0 aromatic heterocycles. The maximum Gasteiger partial charge on any atom is 0.341 e. The Hall–Kier alpha value is -3.52. The standard InChI is InChI=1S/C22H22O8/c1-2-28-22(26)19-8-5-17(15-24)13-20(19)29-11-9-27-10-12-30-21(25)18-6-3-16(14-23)4-7-18/h3-8,13-15H,2,9-12H2,1H3. The van der Waals surface area contributed by atoms with E-state index in [-0.39, 0.29) is 44.3 Å². The molecule has 30 heavy (non-hydrogen) atoms. The van der Waals surface area contributed by atoms with Crippen LogP contribution in [0, 0.1) is 0 Å². The summed E-state index contributed by atoms with van der Waals surface area (Å²) < 4.78 is 20.9. The summed E-state index contributed by atoms with van der Waals surface area (Å²) in [5.41, 5.74) is 1.40. The van der Waals surface area contributed by atoms with Gasteiger partial charge in [0.15, 0.2) is 0 Å². The molecule has 0 spiro atoms. The van der Waals surface area contributed by atoms with Gasteiger partial charge in [-0.1, -0.05) is 18.2 Å². The summed E-state index contributed by atoms with van der Waals surface area (Å²) in [6.45, 7) is 2.41. The molecule has 0 radical (unpaired) electrons. The number of esters is 2. The van der Waals surface area contributed by atoms with Gasteiger partial charge in [-0.25, -0.2) is 9.59 Å². The van der Waals surface area contributed by atoms with Crippen LogP contribution in [0.1, 0.15) is 48.4 Å². The van der Waals surface area contributed by atoms with E-state index >= 15 is 0 Å². The molecule has 0 aliphatic carbocycles. The molecule has 2 aromatic rings. The summed E-state index contributed by atoms with van der Waals surface area (Å²) >= 11 is 0. The number of aldehydes is 2. The van der Waals surface area contributed by atoms with E-state index in [1.807, 2.05) is 0 Å². The predicted octanol–water partition coefficient (Wildman–Crippen LogP) is 2.74. The maximum absolute atomic E-state index is 12.0. The number of hydrogen-bond donors (Lipinski definition) is 0. The Bertz CT molecular complexity index is 873. The van der Waals surface area contributed by atoms with E-state index in [1.165, 1.54) is 42.5 Å². The zero-order valence-electron chi connectivity index (χ0n) is 16.5. The molecule has 0 unspecified atom stereocenters. The Labute approximate surface area is 173 Å². The summed E-state index contributed by atoms with van der Waals surface area (Å²) in [6, 6.07) is 10.5. The van der Waals surface area contributed by atoms with Gasteiger partial charge in [-0.15, -0.1) is 0 Å². The summed E-state index contributed by atoms with van der Waals surface area (Å²) in [6.07, 6.45) is 1.34. The number of ether oxygens (including phenoxy) is 4. The van der Waals surface area contributed by atoms with E-state index in [0.29, 0.717) is 29.3 Å². The molecule has 8 nitrogen and oxygen atoms in total. The second kappa shape index (κ2) is 12.1. The van der Waals surface area contributed by atoms with Crippen LogP contribution in [-0.2, 0) is 14.2 Å². The highest BCUT2D eigenvalue weighted by Gasteiger charge is 2.14. The fourth-order valence-electron chi connectivity index (χ4n) is 2.40. The minimum Gasteiger partial charge on any atom is -0.490 e. The minimum atomic E-state index is -0.543. The normalized spacial score (nSPS) is 10.2. The molecule has 0 heterocycles. The van der Waals surface area contributed by atoms with Gasteiger partial charge >= 0.3 is 11.9 Å². The average molecular weight is 414 g/mol. The Kier molecular flexibility index (Phi) is 9.20. The molecule has 0 saturated carbocycles. The Morgan fingerprint density at radius 2 is 1.47 bits per heavy atom. The summed E-state index contributed by atoms with van der Waals surface area (Å²) in [5, 5.41) is 0. The van der Waals surface area contributed by atoms with E-state index < -0.39 is 11.9 Å². The van der Waals surface area contributed by atoms with Crippen molar-refractivity contribution in [2.75, 3.05) is 33.0 Å². The highest BCUT2D eigenvalue weighted by atomic mass is 16.6. The van der Waals surface area contributed by atoms with Gasteiger partial charge in [-0.05, 0) is 31.2 Å². The number of benzene rings is 2. The van der Waals surface area contributed by atoms with Gasteiger partial charge in [0, 0.05) is 11.1 Å². The van der Waals surface area contributed by atoms with Gasteiger partial charge in [-0.2, -0.15) is 0 Å². The maximum atomic E-state index is 12.0. The summed E-state index contributed by atoms with van der Waals surface area (Å²) in [7, 11) is 0. The second-order valence-corrected chi connectivity index (χ2v) is 5.93. The van der Waals surface area contributed by atoms with E-state index in [9.17, 15) is 19.2 Å². The first-order chi connectivity index (χ1) is 14.6. The molecule has 158 valence electrons. The van der Waals surface area contributed by atoms with Crippen LogP contribution in [-0.4, -0.2) is 57.5 Å². The third kappa shape index (κ3) is 6.82. The van der Waals surface area contributed by atoms with Crippen LogP contribution in [0.25, 0.3) is 0 Å². The van der Waals surface area contributed by atoms with Crippen molar-refractivity contribution < 1.29 is 38.1 Å². The smallest absolute Gasteiger partial charge is 0.341 e. The lowest BCUT2D eigenvalue weighted by Crippen LogP contribution is -2.15. The van der Waals surface area contributed by atoms with Crippen LogP contribution in [0.3, 0.4) is 0 Å². The number of rotatable bonds is 12. The zero-order chi connectivity index (χ0) is 21.8. The SMILES string of the molecule is CCOC(=O)c1ccc(C=O)cc1OCCOCCOC(=O)c1ccc(C=O)cc1. The quantitative estimate of drug-likeness (QED) is 0.297. The number of carbonyl (C=O) groups excluding carboxylic acids is 4. The lowest BCUT2D eigenvalue weighted by Gasteiger charge is -2.12. The third-order valence-electron chi connectivity index (χ3n) is 3.87. The molecule has 2 aromatic carbocycles. The van der Waals surface area contributed by atoms with Gasteiger partial charge in [0.05, 0.1) is 25.4 Å². The molecular weight excluding hydrogens is 392 g/mol. The van der Waals surface area contributed by atoms with Crippen LogP contribution in [0.2, 0.25) is 0 Å². The van der Waals surface area contributed by atoms with Crippen molar-refractivity contribution in [2.45, 2.75) is 6.92 Å². The highest BCUT2D eigenvalue weighted by molar-refractivity contribution is 5.93. The van der Waals surface area contributed by atoms with Crippen LogP contribution in [0.4, 0.5) is 0 Å². The van der Waals surface area contributed by atoms with E-state index in [4.69, 9.17) is 18.9 Å². The van der Waals surface area contributed by atoms with Crippen LogP contribution >= 0.6 is 0 Å². The molecule has 0 amide bonds. The van der Waals surface area contributed by atoms with Crippen LogP contribution in [0.15, 0.2) is 42.5 Å². The molecular formula is C22H22O8. The Balaban J connectivity index is 1.73. The summed E-state index contributed by atoms with van der Waals surface area (Å²) in [4.78, 5) is 45.4. The predicted molar refractivity (Wildman–Crippen MR) is 106 cm³/mol. The van der Waals surface area contributed by atoms with Gasteiger partial charge in [0.25, 0.3) is 0 Å². The third-order valence-corrected chi connectivity index (χ3v) is 3.87. The Morgan fingerprint density at radius 3 is 2.13 bits per heavy atom. The largest absolute Gasteiger partial charge is 0.490 e. The van der Waals surface area contributed by atoms with E-state index in [2.05, 4.69) is 0 Å². The molecule has 0 N–H and O–H groups in total. The molecule has 0 fully saturated rings. The first kappa shape index (κ1) is 22.8. The fraction of sp³-hybridized carbons (Fsp3) is 0.273. The van der Waals surface area contributed by atoms with E-state index in [0.717, 1.165) is 0 Å². The molecule has 0 aliphatic heterocycles. The van der Waals surface area contributed by atoms with Crippen molar-refractivity contribution in [3.8, 4) is 5.75 Å². The van der Waals surface area contributed by atoms with Crippen molar-refractivity contribution in [2.24, 2.45) is 0 Å². The minimum absolute atomic E-state index is 0.0446. The van der Waals surface area contributed by atoms with Crippen LogP contribution < -0.4 is 4.74 Å². The number of hydrogen-bond acceptors (Lipinski definition) is 8. The number of carbonyl (C=O) groups is 4.